The first-order valence-corrected chi connectivity index (χ1v) is 12.0. The van der Waals surface area contributed by atoms with E-state index < -0.39 is 5.60 Å². The highest BCUT2D eigenvalue weighted by Gasteiger charge is 2.53. The largest absolute Gasteiger partial charge is 0.381 e. The Hall–Kier alpha value is -2.61. The maximum absolute atomic E-state index is 12.3. The van der Waals surface area contributed by atoms with Gasteiger partial charge in [0, 0.05) is 55.6 Å². The molecule has 7 heteroatoms. The van der Waals surface area contributed by atoms with Gasteiger partial charge in [-0.25, -0.2) is 0 Å². The van der Waals surface area contributed by atoms with Crippen LogP contribution in [0.4, 0.5) is 0 Å². The van der Waals surface area contributed by atoms with Crippen molar-refractivity contribution < 1.29 is 14.4 Å². The fourth-order valence-corrected chi connectivity index (χ4v) is 5.26. The predicted molar refractivity (Wildman–Crippen MR) is 123 cm³/mol. The first-order chi connectivity index (χ1) is 16.1. The average Bonchev–Trinajstić information content (AvgIpc) is 3.58. The number of nitrogens with zero attached hydrogens (tertiary/aromatic N) is 3. The van der Waals surface area contributed by atoms with Crippen molar-refractivity contribution in [2.45, 2.75) is 50.0 Å². The van der Waals surface area contributed by atoms with Gasteiger partial charge in [-0.2, -0.15) is 4.98 Å². The SMILES string of the molecule is CC1([C@](O)(c2ccc(C3CC3)cc2)c2cncc(-c3nc(C4CCOCC4)no3)c2)CNC1. The predicted octanol–water partition coefficient (Wildman–Crippen LogP) is 3.75. The van der Waals surface area contributed by atoms with Gasteiger partial charge in [-0.15, -0.1) is 0 Å². The summed E-state index contributed by atoms with van der Waals surface area (Å²) in [7, 11) is 0. The summed E-state index contributed by atoms with van der Waals surface area (Å²) in [6.45, 7) is 5.04. The molecule has 0 radical (unpaired) electrons. The Balaban J connectivity index is 1.36. The molecule has 1 aliphatic carbocycles. The number of aliphatic hydroxyl groups is 1. The molecule has 0 spiro atoms. The second-order valence-corrected chi connectivity index (χ2v) is 10.1. The Kier molecular flexibility index (Phi) is 5.09. The monoisotopic (exact) mass is 446 g/mol. The van der Waals surface area contributed by atoms with Crippen LogP contribution in [0.15, 0.2) is 47.2 Å². The number of benzene rings is 1. The summed E-state index contributed by atoms with van der Waals surface area (Å²) in [5, 5.41) is 19.9. The highest BCUT2D eigenvalue weighted by atomic mass is 16.5. The standard InChI is InChI=1S/C26H30N4O3/c1-25(15-28-16-25)26(31,21-6-4-18(5-7-21)17-2-3-17)22-12-20(13-27-14-22)24-29-23(30-33-24)19-8-10-32-11-9-19/h4-7,12-14,17,19,28,31H,2-3,8-11,15-16H2,1H3/t26-/m0/s1. The zero-order chi connectivity index (χ0) is 22.5. The Morgan fingerprint density at radius 2 is 1.76 bits per heavy atom. The smallest absolute Gasteiger partial charge is 0.259 e. The molecule has 0 bridgehead atoms. The molecule has 1 saturated carbocycles. The van der Waals surface area contributed by atoms with Gasteiger partial charge in [0.15, 0.2) is 5.82 Å². The lowest BCUT2D eigenvalue weighted by molar-refractivity contribution is -0.0769. The molecule has 0 unspecified atom stereocenters. The quantitative estimate of drug-likeness (QED) is 0.596. The van der Waals surface area contributed by atoms with Gasteiger partial charge in [-0.3, -0.25) is 4.98 Å². The van der Waals surface area contributed by atoms with Crippen LogP contribution in [0.25, 0.3) is 11.5 Å². The topological polar surface area (TPSA) is 93.3 Å². The second-order valence-electron chi connectivity index (χ2n) is 10.1. The lowest BCUT2D eigenvalue weighted by atomic mass is 9.63. The van der Waals surface area contributed by atoms with Gasteiger partial charge in [-0.1, -0.05) is 36.3 Å². The number of pyridine rings is 1. The van der Waals surface area contributed by atoms with Crippen LogP contribution in [0, 0.1) is 5.41 Å². The average molecular weight is 447 g/mol. The van der Waals surface area contributed by atoms with E-state index in [1.807, 2.05) is 6.07 Å². The second kappa shape index (κ2) is 8.01. The Morgan fingerprint density at radius 1 is 1.00 bits per heavy atom. The van der Waals surface area contributed by atoms with Gasteiger partial charge >= 0.3 is 0 Å². The number of hydrogen-bond donors (Lipinski definition) is 2. The van der Waals surface area contributed by atoms with Gasteiger partial charge in [0.25, 0.3) is 5.89 Å². The lowest BCUT2D eigenvalue weighted by Crippen LogP contribution is -2.63. The van der Waals surface area contributed by atoms with Crippen molar-refractivity contribution in [1.82, 2.24) is 20.4 Å². The lowest BCUT2D eigenvalue weighted by Gasteiger charge is -2.52. The molecule has 3 fully saturated rings. The minimum atomic E-state index is -1.19. The minimum absolute atomic E-state index is 0.259. The van der Waals surface area contributed by atoms with Gasteiger partial charge in [-0.05, 0) is 48.8 Å². The molecule has 2 aliphatic heterocycles. The van der Waals surface area contributed by atoms with E-state index in [4.69, 9.17) is 9.26 Å². The van der Waals surface area contributed by atoms with E-state index in [0.717, 1.165) is 61.7 Å². The molecule has 33 heavy (non-hydrogen) atoms. The van der Waals surface area contributed by atoms with Crippen LogP contribution in [-0.2, 0) is 10.3 Å². The summed E-state index contributed by atoms with van der Waals surface area (Å²) in [5.74, 6) is 2.10. The van der Waals surface area contributed by atoms with Crippen molar-refractivity contribution in [3.05, 3.63) is 65.2 Å². The molecule has 0 amide bonds. The molecule has 1 aromatic carbocycles. The van der Waals surface area contributed by atoms with Crippen LogP contribution in [0.5, 0.6) is 0 Å². The van der Waals surface area contributed by atoms with Crippen LogP contribution in [0.1, 0.15) is 67.0 Å². The molecule has 3 aromatic rings. The number of rotatable bonds is 6. The van der Waals surface area contributed by atoms with E-state index in [1.54, 1.807) is 12.4 Å². The minimum Gasteiger partial charge on any atom is -0.381 e. The molecule has 4 heterocycles. The molecule has 3 aliphatic rings. The number of hydrogen-bond acceptors (Lipinski definition) is 7. The van der Waals surface area contributed by atoms with E-state index >= 15 is 0 Å². The van der Waals surface area contributed by atoms with E-state index in [9.17, 15) is 5.11 Å². The van der Waals surface area contributed by atoms with Crippen LogP contribution in [0.2, 0.25) is 0 Å². The van der Waals surface area contributed by atoms with Crippen molar-refractivity contribution in [3.63, 3.8) is 0 Å². The van der Waals surface area contributed by atoms with Gasteiger partial charge in [0.1, 0.15) is 5.60 Å². The fourth-order valence-electron chi connectivity index (χ4n) is 5.26. The van der Waals surface area contributed by atoms with Crippen molar-refractivity contribution in [1.29, 1.82) is 0 Å². The van der Waals surface area contributed by atoms with Crippen LogP contribution >= 0.6 is 0 Å². The van der Waals surface area contributed by atoms with E-state index in [2.05, 4.69) is 51.6 Å². The normalized spacial score (nSPS) is 22.5. The maximum Gasteiger partial charge on any atom is 0.259 e. The summed E-state index contributed by atoms with van der Waals surface area (Å²) >= 11 is 0. The molecular weight excluding hydrogens is 416 g/mol. The number of aromatic nitrogens is 3. The molecule has 172 valence electrons. The summed E-state index contributed by atoms with van der Waals surface area (Å²) in [6, 6.07) is 10.5. The van der Waals surface area contributed by atoms with Crippen molar-refractivity contribution >= 4 is 0 Å². The van der Waals surface area contributed by atoms with Crippen LogP contribution in [0.3, 0.4) is 0 Å². The summed E-state index contributed by atoms with van der Waals surface area (Å²) in [4.78, 5) is 9.14. The summed E-state index contributed by atoms with van der Waals surface area (Å²) < 4.78 is 11.1. The summed E-state index contributed by atoms with van der Waals surface area (Å²) in [6.07, 6.45) is 7.81. The highest BCUT2D eigenvalue weighted by molar-refractivity contribution is 5.55. The van der Waals surface area contributed by atoms with E-state index in [0.29, 0.717) is 11.8 Å². The molecule has 2 N–H and O–H groups in total. The zero-order valence-electron chi connectivity index (χ0n) is 19.0. The number of ether oxygens (including phenoxy) is 1. The van der Waals surface area contributed by atoms with Gasteiger partial charge < -0.3 is 19.7 Å². The van der Waals surface area contributed by atoms with E-state index in [-0.39, 0.29) is 11.3 Å². The molecular formula is C26H30N4O3. The fraction of sp³-hybridized carbons (Fsp3) is 0.500. The molecule has 2 aromatic heterocycles. The van der Waals surface area contributed by atoms with Crippen molar-refractivity contribution in [2.75, 3.05) is 26.3 Å². The first-order valence-electron chi connectivity index (χ1n) is 12.0. The van der Waals surface area contributed by atoms with Crippen LogP contribution < -0.4 is 5.32 Å². The van der Waals surface area contributed by atoms with Gasteiger partial charge in [0.05, 0.1) is 5.56 Å². The summed E-state index contributed by atoms with van der Waals surface area (Å²) in [5.41, 5.74) is 2.18. The third kappa shape index (κ3) is 3.59. The van der Waals surface area contributed by atoms with Gasteiger partial charge in [0.2, 0.25) is 0 Å². The molecule has 6 rings (SSSR count). The molecule has 1 atom stereocenters. The molecule has 2 saturated heterocycles. The number of nitrogens with one attached hydrogen (secondary N) is 1. The van der Waals surface area contributed by atoms with E-state index in [1.165, 1.54) is 18.4 Å². The first kappa shape index (κ1) is 21.0. The third-order valence-corrected chi connectivity index (χ3v) is 7.71. The zero-order valence-corrected chi connectivity index (χ0v) is 19.0. The van der Waals surface area contributed by atoms with Crippen LogP contribution in [-0.4, -0.2) is 46.5 Å². The Bertz CT molecular complexity index is 1130. The highest BCUT2D eigenvalue weighted by Crippen LogP contribution is 2.49. The van der Waals surface area contributed by atoms with Crippen molar-refractivity contribution in [2.24, 2.45) is 5.41 Å². The molecule has 7 nitrogen and oxygen atoms in total. The third-order valence-electron chi connectivity index (χ3n) is 7.71. The Morgan fingerprint density at radius 3 is 2.42 bits per heavy atom. The maximum atomic E-state index is 12.3. The Labute approximate surface area is 193 Å². The van der Waals surface area contributed by atoms with Crippen molar-refractivity contribution in [3.8, 4) is 11.5 Å².